The minimum atomic E-state index is -3.87. The molecule has 1 heterocycles. The molecule has 0 radical (unpaired) electrons. The van der Waals surface area contributed by atoms with Gasteiger partial charge in [0.15, 0.2) is 0 Å². The number of benzene rings is 3. The molecule has 1 aliphatic rings. The summed E-state index contributed by atoms with van der Waals surface area (Å²) in [5, 5.41) is 0. The lowest BCUT2D eigenvalue weighted by Crippen LogP contribution is -2.35. The van der Waals surface area contributed by atoms with Crippen LogP contribution in [0.2, 0.25) is 0 Å². The van der Waals surface area contributed by atoms with E-state index in [2.05, 4.69) is 4.72 Å². The summed E-state index contributed by atoms with van der Waals surface area (Å²) in [5.74, 6) is 0.573. The van der Waals surface area contributed by atoms with Crippen molar-refractivity contribution in [2.45, 2.75) is 30.8 Å². The quantitative estimate of drug-likeness (QED) is 0.573. The van der Waals surface area contributed by atoms with Gasteiger partial charge in [0.1, 0.15) is 16.4 Å². The van der Waals surface area contributed by atoms with E-state index >= 15 is 0 Å². The zero-order valence-corrected chi connectivity index (χ0v) is 19.6. The van der Waals surface area contributed by atoms with E-state index in [9.17, 15) is 13.2 Å². The van der Waals surface area contributed by atoms with Crippen LogP contribution in [-0.2, 0) is 23.0 Å². The first-order chi connectivity index (χ1) is 15.8. The maximum absolute atomic E-state index is 13.2. The van der Waals surface area contributed by atoms with Crippen LogP contribution in [0.15, 0.2) is 71.6 Å². The monoisotopic (exact) mass is 466 g/mol. The largest absolute Gasteiger partial charge is 0.497 e. The number of rotatable bonds is 7. The SMILES string of the molecule is COc1ccc(OC)c(S(=O)(=O)NCc2ccc3c(c2)N(C(=O)c2ccccc2)[C@H](C)C3)c1. The average Bonchev–Trinajstić information content (AvgIpc) is 3.17. The third kappa shape index (κ3) is 4.58. The van der Waals surface area contributed by atoms with Crippen LogP contribution in [0.4, 0.5) is 5.69 Å². The van der Waals surface area contributed by atoms with Crippen molar-refractivity contribution >= 4 is 21.6 Å². The highest BCUT2D eigenvalue weighted by Crippen LogP contribution is 2.34. The van der Waals surface area contributed by atoms with Crippen LogP contribution >= 0.6 is 0 Å². The molecule has 4 rings (SSSR count). The van der Waals surface area contributed by atoms with E-state index in [1.54, 1.807) is 29.2 Å². The van der Waals surface area contributed by atoms with Gasteiger partial charge in [0.05, 0.1) is 14.2 Å². The fourth-order valence-corrected chi connectivity index (χ4v) is 5.24. The molecule has 7 nitrogen and oxygen atoms in total. The van der Waals surface area contributed by atoms with Crippen molar-refractivity contribution in [1.82, 2.24) is 4.72 Å². The Morgan fingerprint density at radius 1 is 1.03 bits per heavy atom. The molecule has 0 saturated heterocycles. The first-order valence-corrected chi connectivity index (χ1v) is 12.0. The van der Waals surface area contributed by atoms with Crippen LogP contribution in [0.25, 0.3) is 0 Å². The van der Waals surface area contributed by atoms with E-state index in [1.165, 1.54) is 20.3 Å². The lowest BCUT2D eigenvalue weighted by molar-refractivity contribution is 0.0981. The number of fused-ring (bicyclic) bond motifs is 1. The van der Waals surface area contributed by atoms with Crippen molar-refractivity contribution in [1.29, 1.82) is 0 Å². The van der Waals surface area contributed by atoms with Crippen molar-refractivity contribution in [3.8, 4) is 11.5 Å². The van der Waals surface area contributed by atoms with Gasteiger partial charge in [-0.25, -0.2) is 13.1 Å². The summed E-state index contributed by atoms with van der Waals surface area (Å²) in [6.45, 7) is 2.08. The summed E-state index contributed by atoms with van der Waals surface area (Å²) in [6.07, 6.45) is 0.751. The third-order valence-corrected chi connectivity index (χ3v) is 7.15. The first kappa shape index (κ1) is 22.8. The summed E-state index contributed by atoms with van der Waals surface area (Å²) >= 11 is 0. The highest BCUT2D eigenvalue weighted by molar-refractivity contribution is 7.89. The van der Waals surface area contributed by atoms with Gasteiger partial charge in [0, 0.05) is 29.9 Å². The van der Waals surface area contributed by atoms with E-state index in [1.807, 2.05) is 43.3 Å². The molecule has 0 aliphatic carbocycles. The predicted octanol–water partition coefficient (Wildman–Crippen LogP) is 3.77. The summed E-state index contributed by atoms with van der Waals surface area (Å²) in [6, 6.07) is 19.5. The van der Waals surface area contributed by atoms with Gasteiger partial charge < -0.3 is 14.4 Å². The molecule has 8 heteroatoms. The van der Waals surface area contributed by atoms with Gasteiger partial charge in [-0.2, -0.15) is 0 Å². The molecule has 0 unspecified atom stereocenters. The Bertz CT molecular complexity index is 1280. The molecule has 0 saturated carbocycles. The smallest absolute Gasteiger partial charge is 0.258 e. The summed E-state index contributed by atoms with van der Waals surface area (Å²) in [4.78, 5) is 14.9. The molecule has 1 atom stereocenters. The molecular weight excluding hydrogens is 440 g/mol. The Morgan fingerprint density at radius 3 is 2.48 bits per heavy atom. The fourth-order valence-electron chi connectivity index (χ4n) is 4.04. The number of carbonyl (C=O) groups is 1. The summed E-state index contributed by atoms with van der Waals surface area (Å²) < 4.78 is 39.0. The van der Waals surface area contributed by atoms with Gasteiger partial charge in [0.25, 0.3) is 5.91 Å². The van der Waals surface area contributed by atoms with Crippen molar-refractivity contribution < 1.29 is 22.7 Å². The minimum absolute atomic E-state index is 0.0000131. The van der Waals surface area contributed by atoms with Gasteiger partial charge in [-0.1, -0.05) is 30.3 Å². The number of methoxy groups -OCH3 is 2. The number of carbonyl (C=O) groups excluding carboxylic acids is 1. The molecule has 1 N–H and O–H groups in total. The van der Waals surface area contributed by atoms with Crippen LogP contribution < -0.4 is 19.1 Å². The van der Waals surface area contributed by atoms with E-state index < -0.39 is 10.0 Å². The number of sulfonamides is 1. The van der Waals surface area contributed by atoms with E-state index in [-0.39, 0.29) is 29.1 Å². The van der Waals surface area contributed by atoms with Crippen LogP contribution in [0, 0.1) is 0 Å². The molecule has 3 aromatic rings. The third-order valence-electron chi connectivity index (χ3n) is 5.73. The van der Waals surface area contributed by atoms with Crippen LogP contribution in [-0.4, -0.2) is 34.6 Å². The fraction of sp³-hybridized carbons (Fsp3) is 0.240. The normalized spacial score (nSPS) is 15.2. The lowest BCUT2D eigenvalue weighted by Gasteiger charge is -2.23. The molecule has 0 bridgehead atoms. The van der Waals surface area contributed by atoms with Gasteiger partial charge in [-0.05, 0) is 54.8 Å². The number of hydrogen-bond acceptors (Lipinski definition) is 5. The van der Waals surface area contributed by atoms with Crippen molar-refractivity contribution in [2.75, 3.05) is 19.1 Å². The van der Waals surface area contributed by atoms with Gasteiger partial charge in [-0.15, -0.1) is 0 Å². The topological polar surface area (TPSA) is 84.9 Å². The zero-order chi connectivity index (χ0) is 23.6. The van der Waals surface area contributed by atoms with E-state index in [0.717, 1.165) is 23.2 Å². The molecule has 3 aromatic carbocycles. The standard InChI is InChI=1S/C25H26N2O5S/c1-17-13-20-10-9-18(14-22(20)27(17)25(28)19-7-5-4-6-8-19)16-26-33(29,30)24-15-21(31-2)11-12-23(24)32-3/h4-12,14-15,17,26H,13,16H2,1-3H3/t17-/m1/s1. The van der Waals surface area contributed by atoms with Gasteiger partial charge in [0.2, 0.25) is 10.0 Å². The zero-order valence-electron chi connectivity index (χ0n) is 18.7. The van der Waals surface area contributed by atoms with Gasteiger partial charge in [-0.3, -0.25) is 4.79 Å². The number of nitrogens with zero attached hydrogens (tertiary/aromatic N) is 1. The second kappa shape index (κ2) is 9.25. The molecule has 1 aliphatic heterocycles. The van der Waals surface area contributed by atoms with E-state index in [4.69, 9.17) is 9.47 Å². The molecule has 0 fully saturated rings. The van der Waals surface area contributed by atoms with Crippen LogP contribution in [0.1, 0.15) is 28.4 Å². The highest BCUT2D eigenvalue weighted by atomic mass is 32.2. The Labute approximate surface area is 194 Å². The Hall–Kier alpha value is -3.36. The molecule has 0 spiro atoms. The number of hydrogen-bond donors (Lipinski definition) is 1. The molecule has 33 heavy (non-hydrogen) atoms. The predicted molar refractivity (Wildman–Crippen MR) is 126 cm³/mol. The maximum atomic E-state index is 13.2. The Kier molecular flexibility index (Phi) is 6.40. The lowest BCUT2D eigenvalue weighted by atomic mass is 10.1. The van der Waals surface area contributed by atoms with Crippen molar-refractivity contribution in [2.24, 2.45) is 0 Å². The van der Waals surface area contributed by atoms with Crippen LogP contribution in [0.5, 0.6) is 11.5 Å². The molecule has 0 aromatic heterocycles. The van der Waals surface area contributed by atoms with Crippen molar-refractivity contribution in [3.05, 3.63) is 83.4 Å². The number of ether oxygens (including phenoxy) is 2. The summed E-state index contributed by atoms with van der Waals surface area (Å²) in [7, 11) is -0.978. The second-order valence-electron chi connectivity index (χ2n) is 7.90. The second-order valence-corrected chi connectivity index (χ2v) is 9.63. The highest BCUT2D eigenvalue weighted by Gasteiger charge is 2.31. The molecule has 1 amide bonds. The Morgan fingerprint density at radius 2 is 1.79 bits per heavy atom. The minimum Gasteiger partial charge on any atom is -0.497 e. The number of anilines is 1. The van der Waals surface area contributed by atoms with Crippen molar-refractivity contribution in [3.63, 3.8) is 0 Å². The number of amides is 1. The Balaban J connectivity index is 1.58. The summed E-state index contributed by atoms with van der Waals surface area (Å²) in [5.41, 5.74) is 3.24. The average molecular weight is 467 g/mol. The van der Waals surface area contributed by atoms with Crippen LogP contribution in [0.3, 0.4) is 0 Å². The molecular formula is C25H26N2O5S. The maximum Gasteiger partial charge on any atom is 0.258 e. The van der Waals surface area contributed by atoms with Gasteiger partial charge >= 0.3 is 0 Å². The van der Waals surface area contributed by atoms with E-state index in [0.29, 0.717) is 11.3 Å². The first-order valence-electron chi connectivity index (χ1n) is 10.6. The number of nitrogens with one attached hydrogen (secondary N) is 1. The molecule has 172 valence electrons.